The van der Waals surface area contributed by atoms with Crippen molar-refractivity contribution in [2.24, 2.45) is 7.05 Å². The molecule has 2 aromatic heterocycles. The maximum Gasteiger partial charge on any atom is 0.389 e. The van der Waals surface area contributed by atoms with E-state index in [0.717, 1.165) is 13.2 Å². The molecule has 0 spiro atoms. The summed E-state index contributed by atoms with van der Waals surface area (Å²) in [5.41, 5.74) is 0.260. The summed E-state index contributed by atoms with van der Waals surface area (Å²) in [4.78, 5) is 42.6. The molecule has 40 heavy (non-hydrogen) atoms. The number of aryl methyl sites for hydroxylation is 2. The Bertz CT molecular complexity index is 1410. The van der Waals surface area contributed by atoms with Crippen LogP contribution in [-0.4, -0.2) is 63.3 Å². The Morgan fingerprint density at radius 3 is 2.55 bits per heavy atom. The number of fused-ring (bicyclic) bond motifs is 1. The molecule has 3 aromatic rings. The number of hydrogen-bond donors (Lipinski definition) is 2. The third kappa shape index (κ3) is 9.04. The lowest BCUT2D eigenvalue weighted by molar-refractivity contribution is -0.134. The number of nitrogens with zero attached hydrogens (tertiary/aromatic N) is 4. The number of anilines is 1. The van der Waals surface area contributed by atoms with Gasteiger partial charge in [-0.2, -0.15) is 13.2 Å². The minimum absolute atomic E-state index is 0.0429. The Balaban J connectivity index is 0.00000274. The first-order valence-electron chi connectivity index (χ1n) is 12.4. The standard InChI is InChI=1S/C26H29F4N5O3.CH4O/c1-33(2)23(37)10-6-4-5-9-22(36)31-19-8-7-13-35(25(19)38)16-21-32-24-17(11-12-26(28,29)30)14-18(27)15-20(24)34(21)3;1-2/h6-8,10,13-15H,4-5,9,11-12,16H2,1-3H3,(H,31,36);2H,1H3/b10-6+;. The smallest absolute Gasteiger partial charge is 0.389 e. The van der Waals surface area contributed by atoms with Gasteiger partial charge in [-0.05, 0) is 55.2 Å². The highest BCUT2D eigenvalue weighted by molar-refractivity contribution is 5.90. The average Bonchev–Trinajstić information content (AvgIpc) is 3.20. The van der Waals surface area contributed by atoms with Crippen molar-refractivity contribution in [3.63, 3.8) is 0 Å². The van der Waals surface area contributed by atoms with Crippen LogP contribution in [0.2, 0.25) is 0 Å². The molecule has 0 aliphatic carbocycles. The molecule has 0 aliphatic rings. The molecule has 2 amide bonds. The van der Waals surface area contributed by atoms with Crippen molar-refractivity contribution >= 4 is 28.5 Å². The van der Waals surface area contributed by atoms with Crippen molar-refractivity contribution < 1.29 is 32.3 Å². The van der Waals surface area contributed by atoms with Crippen molar-refractivity contribution in [3.05, 3.63) is 70.2 Å². The van der Waals surface area contributed by atoms with Crippen LogP contribution in [0.3, 0.4) is 0 Å². The van der Waals surface area contributed by atoms with Crippen molar-refractivity contribution in [1.82, 2.24) is 19.0 Å². The van der Waals surface area contributed by atoms with E-state index in [4.69, 9.17) is 5.11 Å². The molecular formula is C27H33F4N5O4. The van der Waals surface area contributed by atoms with E-state index in [1.807, 2.05) is 0 Å². The van der Waals surface area contributed by atoms with Crippen molar-refractivity contribution in [2.75, 3.05) is 26.5 Å². The number of carbonyl (C=O) groups is 2. The molecule has 0 saturated heterocycles. The summed E-state index contributed by atoms with van der Waals surface area (Å²) >= 11 is 0. The number of pyridine rings is 1. The molecule has 2 N–H and O–H groups in total. The SMILES string of the molecule is CN(C)C(=O)/C=C/CCCC(=O)Nc1cccn(Cc2nc3c(CCC(F)(F)F)cc(F)cc3n2C)c1=O.CO. The molecule has 0 saturated carbocycles. The van der Waals surface area contributed by atoms with Crippen LogP contribution in [0, 0.1) is 5.82 Å². The topological polar surface area (TPSA) is 109 Å². The van der Waals surface area contributed by atoms with Gasteiger partial charge < -0.3 is 24.5 Å². The number of aliphatic hydroxyl groups excluding tert-OH is 1. The van der Waals surface area contributed by atoms with Gasteiger partial charge in [0.15, 0.2) is 0 Å². The minimum Gasteiger partial charge on any atom is -0.400 e. The van der Waals surface area contributed by atoms with E-state index >= 15 is 0 Å². The Morgan fingerprint density at radius 1 is 1.20 bits per heavy atom. The molecule has 9 nitrogen and oxygen atoms in total. The van der Waals surface area contributed by atoms with Crippen LogP contribution in [0.4, 0.5) is 23.2 Å². The van der Waals surface area contributed by atoms with E-state index in [1.54, 1.807) is 33.3 Å². The zero-order chi connectivity index (χ0) is 30.0. The number of unbranched alkanes of at least 4 members (excludes halogenated alkanes) is 1. The fourth-order valence-corrected chi connectivity index (χ4v) is 3.81. The quantitative estimate of drug-likeness (QED) is 0.220. The molecule has 0 atom stereocenters. The molecule has 0 unspecified atom stereocenters. The number of carbonyl (C=O) groups excluding carboxylic acids is 2. The maximum atomic E-state index is 14.1. The van der Waals surface area contributed by atoms with Crippen LogP contribution < -0.4 is 10.9 Å². The molecule has 0 aliphatic heterocycles. The van der Waals surface area contributed by atoms with E-state index in [-0.39, 0.29) is 41.5 Å². The van der Waals surface area contributed by atoms with Gasteiger partial charge in [0, 0.05) is 47.3 Å². The van der Waals surface area contributed by atoms with Crippen LogP contribution in [-0.2, 0) is 29.6 Å². The fourth-order valence-electron chi connectivity index (χ4n) is 3.81. The fraction of sp³-hybridized carbons (Fsp3) is 0.407. The van der Waals surface area contributed by atoms with Gasteiger partial charge in [-0.25, -0.2) is 9.37 Å². The first kappa shape index (κ1) is 32.2. The van der Waals surface area contributed by atoms with Crippen molar-refractivity contribution in [2.45, 2.75) is 44.8 Å². The van der Waals surface area contributed by atoms with Gasteiger partial charge in [-0.15, -0.1) is 0 Å². The summed E-state index contributed by atoms with van der Waals surface area (Å²) in [6.07, 6.45) is -0.163. The summed E-state index contributed by atoms with van der Waals surface area (Å²) < 4.78 is 55.2. The molecule has 218 valence electrons. The summed E-state index contributed by atoms with van der Waals surface area (Å²) in [5.74, 6) is -0.850. The molecule has 0 radical (unpaired) electrons. The summed E-state index contributed by atoms with van der Waals surface area (Å²) in [7, 11) is 5.87. The normalized spacial score (nSPS) is 11.4. The monoisotopic (exact) mass is 567 g/mol. The van der Waals surface area contributed by atoms with E-state index < -0.39 is 30.4 Å². The zero-order valence-electron chi connectivity index (χ0n) is 22.8. The van der Waals surface area contributed by atoms with Gasteiger partial charge in [-0.1, -0.05) is 6.08 Å². The number of hydrogen-bond acceptors (Lipinski definition) is 5. The lowest BCUT2D eigenvalue weighted by atomic mass is 10.1. The van der Waals surface area contributed by atoms with Gasteiger partial charge >= 0.3 is 6.18 Å². The number of nitrogens with one attached hydrogen (secondary N) is 1. The number of alkyl halides is 3. The molecule has 3 rings (SSSR count). The van der Waals surface area contributed by atoms with E-state index in [1.165, 1.54) is 38.4 Å². The number of allylic oxidation sites excluding steroid dienone is 1. The molecule has 2 heterocycles. The van der Waals surface area contributed by atoms with E-state index in [0.29, 0.717) is 24.2 Å². The van der Waals surface area contributed by atoms with Crippen LogP contribution in [0.25, 0.3) is 11.0 Å². The first-order valence-corrected chi connectivity index (χ1v) is 12.4. The third-order valence-electron chi connectivity index (χ3n) is 5.88. The first-order chi connectivity index (χ1) is 18.9. The Morgan fingerprint density at radius 2 is 1.90 bits per heavy atom. The predicted octanol–water partition coefficient (Wildman–Crippen LogP) is 3.78. The summed E-state index contributed by atoms with van der Waals surface area (Å²) in [6, 6.07) is 5.27. The van der Waals surface area contributed by atoms with Crippen LogP contribution in [0.15, 0.2) is 47.4 Å². The van der Waals surface area contributed by atoms with Crippen molar-refractivity contribution in [3.8, 4) is 0 Å². The number of imidazole rings is 1. The van der Waals surface area contributed by atoms with Crippen LogP contribution in [0.5, 0.6) is 0 Å². The molecule has 13 heteroatoms. The van der Waals surface area contributed by atoms with E-state index in [9.17, 15) is 31.9 Å². The van der Waals surface area contributed by atoms with Gasteiger partial charge in [0.05, 0.1) is 17.6 Å². The average molecular weight is 568 g/mol. The second kappa shape index (κ2) is 14.4. The molecule has 0 bridgehead atoms. The summed E-state index contributed by atoms with van der Waals surface area (Å²) in [6.45, 7) is -0.0429. The molecule has 1 aromatic carbocycles. The number of halogens is 4. The zero-order valence-corrected chi connectivity index (χ0v) is 22.8. The highest BCUT2D eigenvalue weighted by Gasteiger charge is 2.27. The number of rotatable bonds is 10. The van der Waals surface area contributed by atoms with Gasteiger partial charge in [0.25, 0.3) is 5.56 Å². The molecular weight excluding hydrogens is 534 g/mol. The number of amides is 2. The third-order valence-corrected chi connectivity index (χ3v) is 5.88. The Kier molecular flexibility index (Phi) is 11.6. The second-order valence-corrected chi connectivity index (χ2v) is 9.07. The van der Waals surface area contributed by atoms with Crippen LogP contribution >= 0.6 is 0 Å². The predicted molar refractivity (Wildman–Crippen MR) is 143 cm³/mol. The number of aromatic nitrogens is 3. The number of likely N-dealkylation sites (N-methyl/N-ethyl adjacent to an activating group) is 1. The lowest BCUT2D eigenvalue weighted by Crippen LogP contribution is -2.26. The molecule has 0 fully saturated rings. The summed E-state index contributed by atoms with van der Waals surface area (Å²) in [5, 5.41) is 9.59. The lowest BCUT2D eigenvalue weighted by Gasteiger charge is -2.09. The highest BCUT2D eigenvalue weighted by Crippen LogP contribution is 2.27. The highest BCUT2D eigenvalue weighted by atomic mass is 19.4. The maximum absolute atomic E-state index is 14.1. The number of aliphatic hydroxyl groups is 1. The van der Waals surface area contributed by atoms with Gasteiger partial charge in [0.2, 0.25) is 11.8 Å². The van der Waals surface area contributed by atoms with Crippen molar-refractivity contribution in [1.29, 1.82) is 0 Å². The largest absolute Gasteiger partial charge is 0.400 e. The minimum atomic E-state index is -4.39. The van der Waals surface area contributed by atoms with Gasteiger partial charge in [-0.3, -0.25) is 14.4 Å². The Hall–Kier alpha value is -4.00. The Labute approximate surface area is 228 Å². The number of benzene rings is 1. The van der Waals surface area contributed by atoms with Crippen LogP contribution in [0.1, 0.15) is 37.1 Å². The second-order valence-electron chi connectivity index (χ2n) is 9.07. The van der Waals surface area contributed by atoms with E-state index in [2.05, 4.69) is 10.3 Å². The van der Waals surface area contributed by atoms with Gasteiger partial charge in [0.1, 0.15) is 17.3 Å².